The van der Waals surface area contributed by atoms with Crippen LogP contribution in [0, 0.1) is 12.3 Å². The van der Waals surface area contributed by atoms with Crippen LogP contribution >= 0.6 is 11.6 Å². The topological polar surface area (TPSA) is 81.3 Å². The maximum atomic E-state index is 13.9. The van der Waals surface area contributed by atoms with Crippen LogP contribution in [-0.2, 0) is 22.4 Å². The second-order valence-corrected chi connectivity index (χ2v) is 15.1. The second-order valence-electron chi connectivity index (χ2n) is 13.0. The highest BCUT2D eigenvalue weighted by molar-refractivity contribution is 7.95. The Balaban J connectivity index is 1.31. The van der Waals surface area contributed by atoms with Gasteiger partial charge in [-0.25, -0.2) is 0 Å². The van der Waals surface area contributed by atoms with Gasteiger partial charge in [-0.15, -0.1) is 0 Å². The van der Waals surface area contributed by atoms with E-state index in [0.717, 1.165) is 44.7 Å². The maximum absolute atomic E-state index is 13.9. The zero-order chi connectivity index (χ0) is 33.6. The fourth-order valence-corrected chi connectivity index (χ4v) is 6.44. The van der Waals surface area contributed by atoms with Gasteiger partial charge in [-0.2, -0.15) is 0 Å². The van der Waals surface area contributed by atoms with Crippen molar-refractivity contribution in [1.82, 2.24) is 5.32 Å². The van der Waals surface area contributed by atoms with Crippen molar-refractivity contribution in [2.24, 2.45) is 5.41 Å². The third kappa shape index (κ3) is 9.94. The first kappa shape index (κ1) is 34.2. The van der Waals surface area contributed by atoms with Crippen LogP contribution in [0.5, 0.6) is 0 Å². The van der Waals surface area contributed by atoms with Crippen LogP contribution in [0.4, 0.5) is 5.69 Å². The molecule has 2 atom stereocenters. The number of aryl methyl sites for hydroxylation is 1. The van der Waals surface area contributed by atoms with Gasteiger partial charge < -0.3 is 15.2 Å². The molecule has 0 heterocycles. The molecule has 0 spiro atoms. The Kier molecular flexibility index (Phi) is 11.1. The molecule has 242 valence electrons. The average molecular weight is 665 g/mol. The number of hydrogen-bond donors (Lipinski definition) is 2. The van der Waals surface area contributed by atoms with E-state index in [0.29, 0.717) is 35.0 Å². The molecule has 4 aromatic rings. The molecular weight excluding hydrogens is 624 g/mol. The highest BCUT2D eigenvalue weighted by Gasteiger charge is 2.23. The molecule has 1 aliphatic rings. The van der Waals surface area contributed by atoms with Crippen LogP contribution in [0.2, 0.25) is 5.02 Å². The van der Waals surface area contributed by atoms with Crippen LogP contribution in [0.15, 0.2) is 108 Å². The summed E-state index contributed by atoms with van der Waals surface area (Å²) in [4.78, 5) is 27.5. The van der Waals surface area contributed by atoms with Gasteiger partial charge in [0.15, 0.2) is 0 Å². The third-order valence-corrected chi connectivity index (χ3v) is 9.70. The van der Waals surface area contributed by atoms with Crippen molar-refractivity contribution < 1.29 is 14.1 Å². The molecule has 0 saturated carbocycles. The van der Waals surface area contributed by atoms with Crippen molar-refractivity contribution in [3.05, 3.63) is 141 Å². The minimum absolute atomic E-state index is 0.0686. The van der Waals surface area contributed by atoms with Gasteiger partial charge >= 0.3 is 0 Å². The molecule has 47 heavy (non-hydrogen) atoms. The van der Waals surface area contributed by atoms with Crippen LogP contribution in [0.3, 0.4) is 0 Å². The van der Waals surface area contributed by atoms with Crippen LogP contribution in [0.25, 0.3) is 17.2 Å². The van der Waals surface area contributed by atoms with E-state index in [1.165, 1.54) is 0 Å². The molecule has 2 amide bonds. The van der Waals surface area contributed by atoms with E-state index in [-0.39, 0.29) is 17.2 Å². The van der Waals surface area contributed by atoms with E-state index in [4.69, 9.17) is 11.6 Å². The smallest absolute Gasteiger partial charge is 0.251 e. The van der Waals surface area contributed by atoms with Gasteiger partial charge in [-0.1, -0.05) is 99.1 Å². The van der Waals surface area contributed by atoms with E-state index in [2.05, 4.69) is 43.6 Å². The molecule has 0 saturated heterocycles. The zero-order valence-corrected chi connectivity index (χ0v) is 28.9. The Labute approximate surface area is 286 Å². The minimum Gasteiger partial charge on any atom is -0.612 e. The van der Waals surface area contributed by atoms with Gasteiger partial charge in [0.25, 0.3) is 5.91 Å². The van der Waals surface area contributed by atoms with Gasteiger partial charge in [-0.05, 0) is 106 Å². The predicted octanol–water partition coefficient (Wildman–Crippen LogP) is 9.11. The molecule has 0 aromatic heterocycles. The fraction of sp³-hybridized carbons (Fsp3) is 0.250. The summed E-state index contributed by atoms with van der Waals surface area (Å²) in [5.74, 6) is -0.358. The molecule has 0 radical (unpaired) electrons. The summed E-state index contributed by atoms with van der Waals surface area (Å²) in [7, 11) is 0. The number of hydrogen-bond acceptors (Lipinski definition) is 3. The molecule has 4 aromatic carbocycles. The highest BCUT2D eigenvalue weighted by atomic mass is 35.5. The van der Waals surface area contributed by atoms with Gasteiger partial charge in [0, 0.05) is 22.7 Å². The first-order valence-corrected chi connectivity index (χ1v) is 17.6. The van der Waals surface area contributed by atoms with Gasteiger partial charge in [-0.3, -0.25) is 9.59 Å². The van der Waals surface area contributed by atoms with E-state index in [1.807, 2.05) is 91.9 Å². The SMILES string of the molecule is Cc1cc(Cl)ccc1-c1ccc(NC(=O)[C@@H](Cc2ccc(C(=O)NCC[S+]([O-])C3=CC3)cc2)c2ccc(/C=C/C(C)(C)C)cc2)cc1. The van der Waals surface area contributed by atoms with E-state index < -0.39 is 17.1 Å². The molecule has 5 rings (SSSR count). The Bertz CT molecular complexity index is 1770. The number of rotatable bonds is 12. The number of benzene rings is 4. The number of allylic oxidation sites excluding steroid dienone is 3. The van der Waals surface area contributed by atoms with Crippen molar-refractivity contribution in [2.45, 2.75) is 46.5 Å². The lowest BCUT2D eigenvalue weighted by Gasteiger charge is -2.19. The van der Waals surface area contributed by atoms with Gasteiger partial charge in [0.2, 0.25) is 5.91 Å². The number of halogens is 1. The second kappa shape index (κ2) is 15.2. The van der Waals surface area contributed by atoms with E-state index in [1.54, 1.807) is 12.1 Å². The highest BCUT2D eigenvalue weighted by Crippen LogP contribution is 2.29. The Hall–Kier alpha value is -4.10. The van der Waals surface area contributed by atoms with Crippen LogP contribution < -0.4 is 10.6 Å². The monoisotopic (exact) mass is 664 g/mol. The molecule has 7 heteroatoms. The molecule has 1 unspecified atom stereocenters. The number of nitrogens with one attached hydrogen (secondary N) is 2. The first-order chi connectivity index (χ1) is 22.4. The van der Waals surface area contributed by atoms with Crippen LogP contribution in [-0.4, -0.2) is 28.7 Å². The number of carbonyl (C=O) groups is 2. The van der Waals surface area contributed by atoms with Gasteiger partial charge in [0.1, 0.15) is 10.7 Å². The summed E-state index contributed by atoms with van der Waals surface area (Å²) >= 11 is 5.15. The molecular formula is C40H41ClN2O3S. The number of anilines is 1. The summed E-state index contributed by atoms with van der Waals surface area (Å²) < 4.78 is 12.0. The summed E-state index contributed by atoms with van der Waals surface area (Å²) in [5, 5.41) is 6.69. The first-order valence-electron chi connectivity index (χ1n) is 15.9. The fourth-order valence-electron chi connectivity index (χ4n) is 5.21. The maximum Gasteiger partial charge on any atom is 0.251 e. The summed E-state index contributed by atoms with van der Waals surface area (Å²) in [6.45, 7) is 8.86. The van der Waals surface area contributed by atoms with Crippen molar-refractivity contribution >= 4 is 46.4 Å². The minimum atomic E-state index is -1.00. The number of carbonyl (C=O) groups excluding carboxylic acids is 2. The van der Waals surface area contributed by atoms with Crippen LogP contribution in [0.1, 0.15) is 65.7 Å². The van der Waals surface area contributed by atoms with Crippen molar-refractivity contribution in [3.63, 3.8) is 0 Å². The lowest BCUT2D eigenvalue weighted by atomic mass is 9.89. The molecule has 0 bridgehead atoms. The van der Waals surface area contributed by atoms with Crippen molar-refractivity contribution in [1.29, 1.82) is 0 Å². The Morgan fingerprint density at radius 3 is 2.26 bits per heavy atom. The van der Waals surface area contributed by atoms with E-state index in [9.17, 15) is 14.1 Å². The van der Waals surface area contributed by atoms with Crippen molar-refractivity contribution in [2.75, 3.05) is 17.6 Å². The Morgan fingerprint density at radius 2 is 1.64 bits per heavy atom. The van der Waals surface area contributed by atoms with E-state index >= 15 is 0 Å². The summed E-state index contributed by atoms with van der Waals surface area (Å²) in [5.41, 5.74) is 7.45. The summed E-state index contributed by atoms with van der Waals surface area (Å²) in [6, 6.07) is 29.1. The predicted molar refractivity (Wildman–Crippen MR) is 196 cm³/mol. The third-order valence-electron chi connectivity index (χ3n) is 7.98. The quantitative estimate of drug-likeness (QED) is 0.148. The molecule has 2 N–H and O–H groups in total. The largest absolute Gasteiger partial charge is 0.612 e. The zero-order valence-electron chi connectivity index (χ0n) is 27.3. The lowest BCUT2D eigenvalue weighted by Crippen LogP contribution is -2.28. The molecule has 1 aliphatic carbocycles. The molecule has 5 nitrogen and oxygen atoms in total. The molecule has 0 aliphatic heterocycles. The normalized spacial score (nSPS) is 14.0. The van der Waals surface area contributed by atoms with Gasteiger partial charge in [0.05, 0.1) is 12.5 Å². The number of amides is 2. The Morgan fingerprint density at radius 1 is 0.957 bits per heavy atom. The average Bonchev–Trinajstić information content (AvgIpc) is 3.89. The molecule has 0 fully saturated rings. The van der Waals surface area contributed by atoms with Crippen molar-refractivity contribution in [3.8, 4) is 11.1 Å². The standard InChI is InChI=1S/C40H41ClN2O3S/c1-27-25-33(41)15-20-36(27)30-13-16-34(17-14-30)43-39(45)37(31-9-5-28(6-10-31)21-22-40(2,3)4)26-29-7-11-32(12-8-29)38(44)42-23-24-47(46)35-18-19-35/h5-18,20-22,25,37H,19,23-24,26H2,1-4H3,(H,42,44)(H,43,45)/b22-21+/t37-,47?/m0/s1. The lowest BCUT2D eigenvalue weighted by molar-refractivity contribution is -0.117. The summed E-state index contributed by atoms with van der Waals surface area (Å²) in [6.07, 6.45) is 7.50.